The van der Waals surface area contributed by atoms with Gasteiger partial charge in [0.25, 0.3) is 0 Å². The Hall–Kier alpha value is -2.18. The van der Waals surface area contributed by atoms with Crippen molar-refractivity contribution in [2.24, 2.45) is 0 Å². The van der Waals surface area contributed by atoms with Gasteiger partial charge in [-0.15, -0.1) is 11.3 Å². The van der Waals surface area contributed by atoms with Crippen LogP contribution in [0.2, 0.25) is 0 Å². The Morgan fingerprint density at radius 2 is 1.78 bits per heavy atom. The standard InChI is InChI=1S/C21H20FN4S/c22-16-5-3-14(4-6-16)18-20(19-17(13-1-2-13)11-24-12-25-19)27-21(26-18)15-7-9-23-10-8-15/h3-6,11,13,15,23H,1-2,7-10H2. The topological polar surface area (TPSA) is 50.7 Å². The second kappa shape index (κ2) is 7.09. The molecule has 0 amide bonds. The molecule has 1 saturated carbocycles. The fraction of sp³-hybridized carbons (Fsp3) is 0.381. The van der Waals surface area contributed by atoms with Gasteiger partial charge >= 0.3 is 0 Å². The molecule has 6 heteroatoms. The summed E-state index contributed by atoms with van der Waals surface area (Å²) in [7, 11) is 0. The van der Waals surface area contributed by atoms with E-state index >= 15 is 0 Å². The van der Waals surface area contributed by atoms with Gasteiger partial charge in [-0.05, 0) is 69.0 Å². The molecule has 0 unspecified atom stereocenters. The van der Waals surface area contributed by atoms with E-state index < -0.39 is 0 Å². The summed E-state index contributed by atoms with van der Waals surface area (Å²) in [6, 6.07) is 6.61. The first kappa shape index (κ1) is 17.0. The average molecular weight is 379 g/mol. The maximum Gasteiger partial charge on any atom is 0.198 e. The number of benzene rings is 1. The second-order valence-electron chi connectivity index (χ2n) is 7.31. The monoisotopic (exact) mass is 379 g/mol. The van der Waals surface area contributed by atoms with Gasteiger partial charge < -0.3 is 5.32 Å². The van der Waals surface area contributed by atoms with E-state index in [-0.39, 0.29) is 5.82 Å². The number of hydrogen-bond donors (Lipinski definition) is 1. The van der Waals surface area contributed by atoms with Gasteiger partial charge in [0.1, 0.15) is 5.82 Å². The van der Waals surface area contributed by atoms with Crippen LogP contribution in [-0.4, -0.2) is 28.0 Å². The van der Waals surface area contributed by atoms with E-state index in [0.717, 1.165) is 52.8 Å². The molecule has 27 heavy (non-hydrogen) atoms. The van der Waals surface area contributed by atoms with Crippen molar-refractivity contribution in [2.45, 2.75) is 37.5 Å². The van der Waals surface area contributed by atoms with Gasteiger partial charge in [0, 0.05) is 23.2 Å². The van der Waals surface area contributed by atoms with E-state index in [1.54, 1.807) is 11.3 Å². The van der Waals surface area contributed by atoms with Crippen molar-refractivity contribution in [2.75, 3.05) is 13.1 Å². The van der Waals surface area contributed by atoms with Gasteiger partial charge in [0.15, 0.2) is 6.33 Å². The van der Waals surface area contributed by atoms with Crippen LogP contribution in [0.4, 0.5) is 4.39 Å². The summed E-state index contributed by atoms with van der Waals surface area (Å²) >= 11 is 1.73. The van der Waals surface area contributed by atoms with Crippen LogP contribution in [0, 0.1) is 12.1 Å². The van der Waals surface area contributed by atoms with Crippen LogP contribution < -0.4 is 5.32 Å². The molecular formula is C21H20FN4S. The van der Waals surface area contributed by atoms with E-state index in [1.807, 2.05) is 18.3 Å². The van der Waals surface area contributed by atoms with Crippen LogP contribution in [0.25, 0.3) is 21.8 Å². The molecule has 0 spiro atoms. The maximum absolute atomic E-state index is 13.4. The molecule has 1 N–H and O–H groups in total. The molecule has 0 atom stereocenters. The average Bonchev–Trinajstić information content (AvgIpc) is 3.48. The molecule has 1 radical (unpaired) electrons. The number of piperidine rings is 1. The normalized spacial score (nSPS) is 18.0. The predicted octanol–water partition coefficient (Wildman–Crippen LogP) is 4.55. The van der Waals surface area contributed by atoms with Crippen LogP contribution in [0.3, 0.4) is 0 Å². The number of rotatable bonds is 4. The quantitative estimate of drug-likeness (QED) is 0.722. The maximum atomic E-state index is 13.4. The van der Waals surface area contributed by atoms with Crippen molar-refractivity contribution in [1.29, 1.82) is 0 Å². The highest BCUT2D eigenvalue weighted by molar-refractivity contribution is 7.15. The Morgan fingerprint density at radius 1 is 1.00 bits per heavy atom. The minimum Gasteiger partial charge on any atom is -0.317 e. The van der Waals surface area contributed by atoms with Crippen LogP contribution in [-0.2, 0) is 0 Å². The third-order valence-electron chi connectivity index (χ3n) is 5.38. The highest BCUT2D eigenvalue weighted by atomic mass is 32.1. The summed E-state index contributed by atoms with van der Waals surface area (Å²) in [4.78, 5) is 14.7. The number of nitrogens with one attached hydrogen (secondary N) is 1. The van der Waals surface area contributed by atoms with Crippen molar-refractivity contribution >= 4 is 11.3 Å². The Morgan fingerprint density at radius 3 is 2.52 bits per heavy atom. The van der Waals surface area contributed by atoms with Crippen molar-refractivity contribution < 1.29 is 4.39 Å². The lowest BCUT2D eigenvalue weighted by molar-refractivity contribution is 0.459. The van der Waals surface area contributed by atoms with E-state index in [9.17, 15) is 4.39 Å². The van der Waals surface area contributed by atoms with Gasteiger partial charge in [-0.1, -0.05) is 0 Å². The third-order valence-corrected chi connectivity index (χ3v) is 6.60. The van der Waals surface area contributed by atoms with E-state index in [4.69, 9.17) is 4.98 Å². The zero-order chi connectivity index (χ0) is 18.2. The molecule has 2 aromatic heterocycles. The summed E-state index contributed by atoms with van der Waals surface area (Å²) in [6.45, 7) is 2.06. The fourth-order valence-electron chi connectivity index (χ4n) is 3.72. The Labute approximate surface area is 161 Å². The molecule has 1 saturated heterocycles. The Bertz CT molecular complexity index is 943. The molecule has 137 valence electrons. The number of halogens is 1. The minimum absolute atomic E-state index is 0.233. The lowest BCUT2D eigenvalue weighted by atomic mass is 9.99. The second-order valence-corrected chi connectivity index (χ2v) is 8.34. The van der Waals surface area contributed by atoms with Gasteiger partial charge in [-0.25, -0.2) is 19.3 Å². The first-order valence-corrected chi connectivity index (χ1v) is 10.3. The van der Waals surface area contributed by atoms with Crippen molar-refractivity contribution in [3.63, 3.8) is 0 Å². The Balaban J connectivity index is 1.64. The zero-order valence-corrected chi connectivity index (χ0v) is 15.7. The first-order valence-electron chi connectivity index (χ1n) is 9.50. The third kappa shape index (κ3) is 3.39. The SMILES string of the molecule is Fc1ccc(-c2nc(C3CCNCC3)sc2-c2n[c]ncc2C2CC2)cc1. The predicted molar refractivity (Wildman–Crippen MR) is 104 cm³/mol. The lowest BCUT2D eigenvalue weighted by Gasteiger charge is -2.20. The van der Waals surface area contributed by atoms with Gasteiger partial charge in [-0.3, -0.25) is 0 Å². The van der Waals surface area contributed by atoms with E-state index in [1.165, 1.54) is 30.5 Å². The summed E-state index contributed by atoms with van der Waals surface area (Å²) in [5, 5.41) is 4.58. The molecule has 0 bridgehead atoms. The minimum atomic E-state index is -0.233. The molecule has 1 aliphatic heterocycles. The molecule has 3 aromatic rings. The summed E-state index contributed by atoms with van der Waals surface area (Å²) in [5.74, 6) is 0.780. The van der Waals surface area contributed by atoms with E-state index in [0.29, 0.717) is 11.8 Å². The van der Waals surface area contributed by atoms with Crippen LogP contribution >= 0.6 is 11.3 Å². The molecule has 1 aromatic carbocycles. The fourth-order valence-corrected chi connectivity index (χ4v) is 4.99. The summed E-state index contributed by atoms with van der Waals surface area (Å²) in [5.41, 5.74) is 3.98. The number of aromatic nitrogens is 3. The highest BCUT2D eigenvalue weighted by Crippen LogP contribution is 2.47. The molecule has 3 heterocycles. The van der Waals surface area contributed by atoms with Gasteiger partial charge in [0.05, 0.1) is 21.3 Å². The van der Waals surface area contributed by atoms with Crippen LogP contribution in [0.15, 0.2) is 30.5 Å². The first-order chi connectivity index (χ1) is 13.3. The Kier molecular flexibility index (Phi) is 4.45. The smallest absolute Gasteiger partial charge is 0.198 e. The number of nitrogens with zero attached hydrogens (tertiary/aromatic N) is 3. The highest BCUT2D eigenvalue weighted by Gasteiger charge is 2.30. The number of hydrogen-bond acceptors (Lipinski definition) is 5. The zero-order valence-electron chi connectivity index (χ0n) is 14.9. The molecule has 4 nitrogen and oxygen atoms in total. The lowest BCUT2D eigenvalue weighted by Crippen LogP contribution is -2.26. The van der Waals surface area contributed by atoms with Crippen molar-refractivity contribution in [3.8, 4) is 21.8 Å². The van der Waals surface area contributed by atoms with Crippen LogP contribution in [0.5, 0.6) is 0 Å². The summed E-state index contributed by atoms with van der Waals surface area (Å²) in [6.07, 6.45) is 9.24. The largest absolute Gasteiger partial charge is 0.317 e. The van der Waals surface area contributed by atoms with Crippen molar-refractivity contribution in [3.05, 3.63) is 53.2 Å². The van der Waals surface area contributed by atoms with Crippen molar-refractivity contribution in [1.82, 2.24) is 20.3 Å². The molecule has 5 rings (SSSR count). The molecule has 2 fully saturated rings. The summed E-state index contributed by atoms with van der Waals surface area (Å²) < 4.78 is 13.4. The molecule has 2 aliphatic rings. The number of thiazole rings is 1. The van der Waals surface area contributed by atoms with Gasteiger partial charge in [-0.2, -0.15) is 0 Å². The van der Waals surface area contributed by atoms with Gasteiger partial charge in [0.2, 0.25) is 0 Å². The van der Waals surface area contributed by atoms with Crippen LogP contribution in [0.1, 0.15) is 48.1 Å². The molecular weight excluding hydrogens is 359 g/mol. The van der Waals surface area contributed by atoms with E-state index in [2.05, 4.69) is 21.6 Å². The molecule has 1 aliphatic carbocycles.